The topological polar surface area (TPSA) is 38.0 Å². The molecule has 1 aromatic carbocycles. The lowest BCUT2D eigenvalue weighted by Crippen LogP contribution is -2.45. The highest BCUT2D eigenvalue weighted by molar-refractivity contribution is 5.23. The quantitative estimate of drug-likeness (QED) is 0.840. The third-order valence-electron chi connectivity index (χ3n) is 3.85. The molecule has 0 aromatic heterocycles. The lowest BCUT2D eigenvalue weighted by molar-refractivity contribution is 0.247. The Morgan fingerprint density at radius 3 is 2.17 bits per heavy atom. The second-order valence-electron chi connectivity index (χ2n) is 6.68. The van der Waals surface area contributed by atoms with Gasteiger partial charge in [0.1, 0.15) is 0 Å². The highest BCUT2D eigenvalue weighted by atomic mass is 14.9. The van der Waals surface area contributed by atoms with Gasteiger partial charge in [0.25, 0.3) is 0 Å². The number of nitrogens with one attached hydrogen (secondary N) is 1. The standard InChI is InChI=1S/C16H28N2/c1-13(15(2,3)4)11-18-12-16(5,17)14-9-7-6-8-10-14/h6-10,13,18H,11-12,17H2,1-5H3. The van der Waals surface area contributed by atoms with Crippen LogP contribution in [0.1, 0.15) is 40.2 Å². The molecule has 0 amide bonds. The molecule has 102 valence electrons. The molecule has 2 heteroatoms. The Balaban J connectivity index is 2.49. The van der Waals surface area contributed by atoms with E-state index in [1.165, 1.54) is 5.56 Å². The lowest BCUT2D eigenvalue weighted by atomic mass is 9.82. The summed E-state index contributed by atoms with van der Waals surface area (Å²) in [6, 6.07) is 10.3. The van der Waals surface area contributed by atoms with Gasteiger partial charge in [0, 0.05) is 6.54 Å². The van der Waals surface area contributed by atoms with Crippen molar-refractivity contribution in [2.45, 2.75) is 40.2 Å². The first-order valence-electron chi connectivity index (χ1n) is 6.78. The summed E-state index contributed by atoms with van der Waals surface area (Å²) in [6.45, 7) is 13.0. The second kappa shape index (κ2) is 5.85. The summed E-state index contributed by atoms with van der Waals surface area (Å²) in [5, 5.41) is 3.51. The summed E-state index contributed by atoms with van der Waals surface area (Å²) in [5.74, 6) is 0.629. The summed E-state index contributed by atoms with van der Waals surface area (Å²) in [5.41, 5.74) is 7.58. The Morgan fingerprint density at radius 1 is 1.11 bits per heavy atom. The van der Waals surface area contributed by atoms with Crippen molar-refractivity contribution >= 4 is 0 Å². The number of rotatable bonds is 5. The molecular weight excluding hydrogens is 220 g/mol. The van der Waals surface area contributed by atoms with Crippen molar-refractivity contribution in [3.63, 3.8) is 0 Å². The van der Waals surface area contributed by atoms with Gasteiger partial charge < -0.3 is 11.1 Å². The predicted octanol–water partition coefficient (Wildman–Crippen LogP) is 3.13. The van der Waals surface area contributed by atoms with Gasteiger partial charge in [0.05, 0.1) is 5.54 Å². The fourth-order valence-corrected chi connectivity index (χ4v) is 1.78. The monoisotopic (exact) mass is 248 g/mol. The minimum atomic E-state index is -0.307. The van der Waals surface area contributed by atoms with Gasteiger partial charge in [-0.1, -0.05) is 58.0 Å². The van der Waals surface area contributed by atoms with Crippen LogP contribution in [-0.4, -0.2) is 13.1 Å². The van der Waals surface area contributed by atoms with Crippen LogP contribution in [0.2, 0.25) is 0 Å². The Bertz CT molecular complexity index is 349. The van der Waals surface area contributed by atoms with E-state index in [0.29, 0.717) is 11.3 Å². The van der Waals surface area contributed by atoms with Crippen molar-refractivity contribution in [1.29, 1.82) is 0 Å². The van der Waals surface area contributed by atoms with E-state index in [4.69, 9.17) is 5.73 Å². The Labute approximate surface area is 112 Å². The molecule has 3 N–H and O–H groups in total. The Kier molecular flexibility index (Phi) is 4.94. The molecule has 0 aliphatic rings. The minimum Gasteiger partial charge on any atom is -0.321 e. The molecule has 2 unspecified atom stereocenters. The molecule has 1 aromatic rings. The molecule has 0 aliphatic carbocycles. The van der Waals surface area contributed by atoms with E-state index >= 15 is 0 Å². The average Bonchev–Trinajstić information content (AvgIpc) is 2.28. The molecule has 2 nitrogen and oxygen atoms in total. The lowest BCUT2D eigenvalue weighted by Gasteiger charge is -2.30. The van der Waals surface area contributed by atoms with Crippen molar-refractivity contribution < 1.29 is 0 Å². The smallest absolute Gasteiger partial charge is 0.0507 e. The highest BCUT2D eigenvalue weighted by Crippen LogP contribution is 2.24. The Hall–Kier alpha value is -0.860. The zero-order valence-corrected chi connectivity index (χ0v) is 12.5. The number of nitrogens with two attached hydrogens (primary N) is 1. The summed E-state index contributed by atoms with van der Waals surface area (Å²) in [4.78, 5) is 0. The second-order valence-corrected chi connectivity index (χ2v) is 6.68. The zero-order valence-electron chi connectivity index (χ0n) is 12.5. The summed E-state index contributed by atoms with van der Waals surface area (Å²) in [6.07, 6.45) is 0. The summed E-state index contributed by atoms with van der Waals surface area (Å²) in [7, 11) is 0. The van der Waals surface area contributed by atoms with Gasteiger partial charge in [-0.25, -0.2) is 0 Å². The first kappa shape index (κ1) is 15.2. The van der Waals surface area contributed by atoms with Gasteiger partial charge in [-0.3, -0.25) is 0 Å². The van der Waals surface area contributed by atoms with Crippen LogP contribution in [0.15, 0.2) is 30.3 Å². The molecule has 0 aliphatic heterocycles. The van der Waals surface area contributed by atoms with Crippen LogP contribution in [0, 0.1) is 11.3 Å². The maximum atomic E-state index is 6.37. The van der Waals surface area contributed by atoms with Crippen LogP contribution in [0.3, 0.4) is 0 Å². The SMILES string of the molecule is CC(CNCC(C)(N)c1ccccc1)C(C)(C)C. The zero-order chi connectivity index (χ0) is 13.8. The fraction of sp³-hybridized carbons (Fsp3) is 0.625. The molecule has 0 saturated heterocycles. The highest BCUT2D eigenvalue weighted by Gasteiger charge is 2.23. The summed E-state index contributed by atoms with van der Waals surface area (Å²) >= 11 is 0. The largest absolute Gasteiger partial charge is 0.321 e. The Morgan fingerprint density at radius 2 is 1.67 bits per heavy atom. The molecule has 1 rings (SSSR count). The number of hydrogen-bond donors (Lipinski definition) is 2. The van der Waals surface area contributed by atoms with Gasteiger partial charge in [0.15, 0.2) is 0 Å². The van der Waals surface area contributed by atoms with Crippen LogP contribution in [0.25, 0.3) is 0 Å². The summed E-state index contributed by atoms with van der Waals surface area (Å²) < 4.78 is 0. The van der Waals surface area contributed by atoms with Crippen molar-refractivity contribution in [2.24, 2.45) is 17.1 Å². The van der Waals surface area contributed by atoms with Gasteiger partial charge >= 0.3 is 0 Å². The van der Waals surface area contributed by atoms with Crippen LogP contribution >= 0.6 is 0 Å². The van der Waals surface area contributed by atoms with E-state index in [9.17, 15) is 0 Å². The van der Waals surface area contributed by atoms with Gasteiger partial charge in [-0.05, 0) is 30.4 Å². The van der Waals surface area contributed by atoms with Crippen molar-refractivity contribution in [1.82, 2.24) is 5.32 Å². The third-order valence-corrected chi connectivity index (χ3v) is 3.85. The maximum Gasteiger partial charge on any atom is 0.0507 e. The molecule has 0 spiro atoms. The maximum absolute atomic E-state index is 6.37. The molecule has 0 heterocycles. The average molecular weight is 248 g/mol. The first-order valence-corrected chi connectivity index (χ1v) is 6.78. The number of hydrogen-bond acceptors (Lipinski definition) is 2. The number of benzene rings is 1. The van der Waals surface area contributed by atoms with E-state index in [1.54, 1.807) is 0 Å². The van der Waals surface area contributed by atoms with Crippen LogP contribution in [-0.2, 0) is 5.54 Å². The van der Waals surface area contributed by atoms with Crippen LogP contribution in [0.4, 0.5) is 0 Å². The predicted molar refractivity (Wildman–Crippen MR) is 79.5 cm³/mol. The molecule has 0 bridgehead atoms. The molecule has 18 heavy (non-hydrogen) atoms. The first-order chi connectivity index (χ1) is 8.23. The van der Waals surface area contributed by atoms with E-state index in [0.717, 1.165) is 13.1 Å². The van der Waals surface area contributed by atoms with Crippen molar-refractivity contribution in [2.75, 3.05) is 13.1 Å². The minimum absolute atomic E-state index is 0.307. The molecule has 0 saturated carbocycles. The van der Waals surface area contributed by atoms with E-state index < -0.39 is 0 Å². The van der Waals surface area contributed by atoms with E-state index in [2.05, 4.69) is 52.1 Å². The van der Waals surface area contributed by atoms with Crippen LogP contribution in [0.5, 0.6) is 0 Å². The molecule has 2 atom stereocenters. The normalized spacial score (nSPS) is 17.2. The fourth-order valence-electron chi connectivity index (χ4n) is 1.78. The van der Waals surface area contributed by atoms with Crippen molar-refractivity contribution in [3.8, 4) is 0 Å². The van der Waals surface area contributed by atoms with Gasteiger partial charge in [-0.2, -0.15) is 0 Å². The molecule has 0 radical (unpaired) electrons. The third kappa shape index (κ3) is 4.43. The van der Waals surface area contributed by atoms with Crippen molar-refractivity contribution in [3.05, 3.63) is 35.9 Å². The van der Waals surface area contributed by atoms with E-state index in [-0.39, 0.29) is 5.54 Å². The molecular formula is C16H28N2. The van der Waals surface area contributed by atoms with Gasteiger partial charge in [-0.15, -0.1) is 0 Å². The van der Waals surface area contributed by atoms with Gasteiger partial charge in [0.2, 0.25) is 0 Å². The molecule has 0 fully saturated rings. The van der Waals surface area contributed by atoms with Crippen LogP contribution < -0.4 is 11.1 Å². The van der Waals surface area contributed by atoms with E-state index in [1.807, 2.05) is 18.2 Å².